The van der Waals surface area contributed by atoms with Gasteiger partial charge in [0.1, 0.15) is 11.4 Å². The maximum Gasteiger partial charge on any atom is 0.410 e. The molecule has 0 atom stereocenters. The van der Waals surface area contributed by atoms with Gasteiger partial charge in [-0.05, 0) is 91.0 Å². The van der Waals surface area contributed by atoms with E-state index < -0.39 is 5.60 Å². The Hall–Kier alpha value is -3.35. The van der Waals surface area contributed by atoms with Gasteiger partial charge in [0.25, 0.3) is 0 Å². The molecule has 1 aromatic carbocycles. The molecule has 1 saturated heterocycles. The van der Waals surface area contributed by atoms with Crippen molar-refractivity contribution in [3.63, 3.8) is 0 Å². The number of anilines is 2. The maximum absolute atomic E-state index is 12.4. The smallest absolute Gasteiger partial charge is 0.410 e. The van der Waals surface area contributed by atoms with Crippen LogP contribution in [0.5, 0.6) is 0 Å². The average Bonchev–Trinajstić information content (AvgIpc) is 3.19. The average molecular weight is 490 g/mol. The number of likely N-dealkylation sites (tertiary alicyclic amines) is 1. The molecule has 3 heterocycles. The minimum absolute atomic E-state index is 0.0806. The number of pyridine rings is 1. The van der Waals surface area contributed by atoms with Crippen LogP contribution in [0.3, 0.4) is 0 Å². The van der Waals surface area contributed by atoms with Gasteiger partial charge < -0.3 is 15.0 Å². The Morgan fingerprint density at radius 1 is 0.972 bits per heavy atom. The number of carbonyl (C=O) groups is 1. The normalized spacial score (nSPS) is 15.1. The van der Waals surface area contributed by atoms with Gasteiger partial charge in [0.05, 0.1) is 11.2 Å². The van der Waals surface area contributed by atoms with Crippen LogP contribution in [0.4, 0.5) is 16.4 Å². The van der Waals surface area contributed by atoms with E-state index in [1.807, 2.05) is 54.6 Å². The fraction of sp³-hybridized carbons (Fsp3) is 0.483. The molecular formula is C29H39N5O2. The summed E-state index contributed by atoms with van der Waals surface area (Å²) in [6, 6.07) is 16.7. The standard InChI is InChI=1S/C29H39N5O2/c1-20-18-26(32-34(20)28(2,3)4)31-25-13-9-12-24(30-25)23-11-8-10-22(19-23)21-14-16-33(17-15-21)27(35)36-29(5,6)7/h8-13,18-19,21H,14-17H2,1-7H3,(H,30,31,32). The third-order valence-corrected chi connectivity index (χ3v) is 6.33. The summed E-state index contributed by atoms with van der Waals surface area (Å²) in [5, 5.41) is 8.09. The fourth-order valence-electron chi connectivity index (χ4n) is 4.68. The fourth-order valence-corrected chi connectivity index (χ4v) is 4.68. The van der Waals surface area contributed by atoms with Gasteiger partial charge >= 0.3 is 6.09 Å². The second kappa shape index (κ2) is 9.96. The molecule has 1 aliphatic rings. The second-order valence-corrected chi connectivity index (χ2v) is 11.7. The number of rotatable bonds is 4. The molecule has 7 nitrogen and oxygen atoms in total. The number of benzene rings is 1. The van der Waals surface area contributed by atoms with E-state index in [4.69, 9.17) is 14.8 Å². The van der Waals surface area contributed by atoms with E-state index in [2.05, 4.69) is 57.3 Å². The first-order valence-electron chi connectivity index (χ1n) is 12.8. The molecule has 7 heteroatoms. The quantitative estimate of drug-likeness (QED) is 0.433. The summed E-state index contributed by atoms with van der Waals surface area (Å²) in [6.07, 6.45) is 1.63. The summed E-state index contributed by atoms with van der Waals surface area (Å²) in [5.41, 5.74) is 3.84. The van der Waals surface area contributed by atoms with Crippen LogP contribution >= 0.6 is 0 Å². The molecule has 2 aromatic heterocycles. The van der Waals surface area contributed by atoms with E-state index in [0.717, 1.165) is 41.4 Å². The van der Waals surface area contributed by atoms with Gasteiger partial charge in [0.15, 0.2) is 5.82 Å². The van der Waals surface area contributed by atoms with Crippen molar-refractivity contribution in [1.82, 2.24) is 19.7 Å². The van der Waals surface area contributed by atoms with Crippen LogP contribution < -0.4 is 5.32 Å². The van der Waals surface area contributed by atoms with E-state index in [9.17, 15) is 4.79 Å². The lowest BCUT2D eigenvalue weighted by molar-refractivity contribution is 0.0205. The third-order valence-electron chi connectivity index (χ3n) is 6.33. The Morgan fingerprint density at radius 2 is 1.67 bits per heavy atom. The van der Waals surface area contributed by atoms with Crippen molar-refractivity contribution >= 4 is 17.7 Å². The van der Waals surface area contributed by atoms with Crippen LogP contribution in [0.1, 0.15) is 71.6 Å². The molecule has 1 fully saturated rings. The first kappa shape index (κ1) is 25.7. The zero-order chi connectivity index (χ0) is 26.1. The molecule has 0 bridgehead atoms. The number of carbonyl (C=O) groups excluding carboxylic acids is 1. The van der Waals surface area contributed by atoms with E-state index >= 15 is 0 Å². The molecule has 1 amide bonds. The minimum atomic E-state index is -0.468. The molecule has 0 unspecified atom stereocenters. The number of aromatic nitrogens is 3. The van der Waals surface area contributed by atoms with Gasteiger partial charge in [-0.3, -0.25) is 4.68 Å². The molecule has 0 spiro atoms. The van der Waals surface area contributed by atoms with Crippen LogP contribution in [0.25, 0.3) is 11.3 Å². The maximum atomic E-state index is 12.4. The summed E-state index contributed by atoms with van der Waals surface area (Å²) >= 11 is 0. The first-order valence-corrected chi connectivity index (χ1v) is 12.8. The summed E-state index contributed by atoms with van der Waals surface area (Å²) < 4.78 is 7.56. The van der Waals surface area contributed by atoms with Crippen molar-refractivity contribution in [3.05, 3.63) is 59.8 Å². The number of hydrogen-bond donors (Lipinski definition) is 1. The van der Waals surface area contributed by atoms with Crippen LogP contribution in [0.2, 0.25) is 0 Å². The molecule has 3 aromatic rings. The Labute approximate surface area is 214 Å². The largest absolute Gasteiger partial charge is 0.444 e. The van der Waals surface area contributed by atoms with E-state index in [0.29, 0.717) is 19.0 Å². The lowest BCUT2D eigenvalue weighted by atomic mass is 9.88. The van der Waals surface area contributed by atoms with Crippen LogP contribution in [0, 0.1) is 6.92 Å². The van der Waals surface area contributed by atoms with Crippen LogP contribution in [-0.4, -0.2) is 44.4 Å². The monoisotopic (exact) mass is 489 g/mol. The molecule has 0 saturated carbocycles. The number of nitrogens with zero attached hydrogens (tertiary/aromatic N) is 4. The Morgan fingerprint density at radius 3 is 2.31 bits per heavy atom. The predicted molar refractivity (Wildman–Crippen MR) is 145 cm³/mol. The molecular weight excluding hydrogens is 450 g/mol. The first-order chi connectivity index (χ1) is 16.9. The van der Waals surface area contributed by atoms with Crippen molar-refractivity contribution in [2.75, 3.05) is 18.4 Å². The number of amides is 1. The number of ether oxygens (including phenoxy) is 1. The SMILES string of the molecule is Cc1cc(Nc2cccc(-c3cccc(C4CCN(C(=O)OC(C)(C)C)CC4)c3)n2)nn1C(C)(C)C. The lowest BCUT2D eigenvalue weighted by Crippen LogP contribution is -2.41. The van der Waals surface area contributed by atoms with Gasteiger partial charge in [-0.2, -0.15) is 5.10 Å². The molecule has 4 rings (SSSR count). The second-order valence-electron chi connectivity index (χ2n) is 11.7. The summed E-state index contributed by atoms with van der Waals surface area (Å²) in [4.78, 5) is 19.1. The highest BCUT2D eigenvalue weighted by Gasteiger charge is 2.27. The molecule has 1 aliphatic heterocycles. The Bertz CT molecular complexity index is 1210. The van der Waals surface area contributed by atoms with Crippen LogP contribution in [-0.2, 0) is 10.3 Å². The molecule has 1 N–H and O–H groups in total. The van der Waals surface area contributed by atoms with Gasteiger partial charge in [-0.15, -0.1) is 0 Å². The summed E-state index contributed by atoms with van der Waals surface area (Å²) in [6.45, 7) is 15.6. The molecule has 36 heavy (non-hydrogen) atoms. The highest BCUT2D eigenvalue weighted by atomic mass is 16.6. The number of piperidine rings is 1. The highest BCUT2D eigenvalue weighted by molar-refractivity contribution is 5.68. The molecule has 0 radical (unpaired) electrons. The van der Waals surface area contributed by atoms with Crippen molar-refractivity contribution in [2.45, 2.75) is 78.4 Å². The van der Waals surface area contributed by atoms with Crippen molar-refractivity contribution < 1.29 is 9.53 Å². The van der Waals surface area contributed by atoms with Gasteiger partial charge in [-0.25, -0.2) is 9.78 Å². The third kappa shape index (κ3) is 6.25. The molecule has 192 valence electrons. The zero-order valence-electron chi connectivity index (χ0n) is 22.6. The van der Waals surface area contributed by atoms with E-state index in [1.54, 1.807) is 0 Å². The Balaban J connectivity index is 1.45. The number of nitrogens with one attached hydrogen (secondary N) is 1. The lowest BCUT2D eigenvalue weighted by Gasteiger charge is -2.33. The van der Waals surface area contributed by atoms with Gasteiger partial charge in [-0.1, -0.05) is 24.3 Å². The zero-order valence-corrected chi connectivity index (χ0v) is 22.6. The van der Waals surface area contributed by atoms with E-state index in [1.165, 1.54) is 5.56 Å². The van der Waals surface area contributed by atoms with Gasteiger partial charge in [0, 0.05) is 30.4 Å². The molecule has 0 aliphatic carbocycles. The highest BCUT2D eigenvalue weighted by Crippen LogP contribution is 2.31. The Kier molecular flexibility index (Phi) is 7.12. The summed E-state index contributed by atoms with van der Waals surface area (Å²) in [7, 11) is 0. The van der Waals surface area contributed by atoms with Crippen molar-refractivity contribution in [2.24, 2.45) is 0 Å². The number of aryl methyl sites for hydroxylation is 1. The number of hydrogen-bond acceptors (Lipinski definition) is 5. The summed E-state index contributed by atoms with van der Waals surface area (Å²) in [5.74, 6) is 1.97. The van der Waals surface area contributed by atoms with E-state index in [-0.39, 0.29) is 11.6 Å². The minimum Gasteiger partial charge on any atom is -0.444 e. The topological polar surface area (TPSA) is 72.3 Å². The van der Waals surface area contributed by atoms with Crippen molar-refractivity contribution in [3.8, 4) is 11.3 Å². The van der Waals surface area contributed by atoms with Crippen LogP contribution in [0.15, 0.2) is 48.5 Å². The van der Waals surface area contributed by atoms with Crippen molar-refractivity contribution in [1.29, 1.82) is 0 Å². The predicted octanol–water partition coefficient (Wildman–Crippen LogP) is 6.87. The van der Waals surface area contributed by atoms with Gasteiger partial charge in [0.2, 0.25) is 0 Å².